The molecular weight excluding hydrogens is 440 g/mol. The second kappa shape index (κ2) is 8.85. The number of imide groups is 1. The van der Waals surface area contributed by atoms with Crippen LogP contribution in [0.2, 0.25) is 5.02 Å². The van der Waals surface area contributed by atoms with Gasteiger partial charge in [0.05, 0.1) is 5.69 Å². The molecule has 4 rings (SSSR count). The molecule has 0 saturated carbocycles. The number of halogens is 1. The number of rotatable bonds is 5. The molecule has 0 unspecified atom stereocenters. The molecule has 6 heteroatoms. The van der Waals surface area contributed by atoms with Crippen molar-refractivity contribution < 1.29 is 9.59 Å². The minimum absolute atomic E-state index is 0.281. The Morgan fingerprint density at radius 2 is 1.44 bits per heavy atom. The molecular formula is C26H23ClN2O2S. The molecule has 0 fully saturated rings. The second-order valence-electron chi connectivity index (χ2n) is 7.94. The number of hydrogen-bond donors (Lipinski definition) is 1. The van der Waals surface area contributed by atoms with Crippen LogP contribution in [0.3, 0.4) is 0 Å². The molecule has 1 aliphatic heterocycles. The Labute approximate surface area is 197 Å². The van der Waals surface area contributed by atoms with Crippen LogP contribution in [-0.4, -0.2) is 11.8 Å². The van der Waals surface area contributed by atoms with Gasteiger partial charge in [0, 0.05) is 15.6 Å². The average Bonchev–Trinajstić information content (AvgIpc) is 2.96. The van der Waals surface area contributed by atoms with Crippen LogP contribution in [0.5, 0.6) is 0 Å². The molecule has 0 aromatic heterocycles. The first-order valence-electron chi connectivity index (χ1n) is 10.2. The summed E-state index contributed by atoms with van der Waals surface area (Å²) in [5.41, 5.74) is 5.68. The number of nitrogens with zero attached hydrogens (tertiary/aromatic N) is 1. The highest BCUT2D eigenvalue weighted by molar-refractivity contribution is 8.04. The van der Waals surface area contributed by atoms with Gasteiger partial charge in [0.2, 0.25) is 0 Å². The highest BCUT2D eigenvalue weighted by Crippen LogP contribution is 2.39. The van der Waals surface area contributed by atoms with Gasteiger partial charge in [-0.25, -0.2) is 4.90 Å². The fraction of sp³-hybridized carbons (Fsp3) is 0.154. The van der Waals surface area contributed by atoms with Crippen molar-refractivity contribution in [3.63, 3.8) is 0 Å². The van der Waals surface area contributed by atoms with Crippen molar-refractivity contribution in [2.45, 2.75) is 32.6 Å². The molecule has 2 amide bonds. The normalized spacial score (nSPS) is 13.8. The number of anilines is 2. The lowest BCUT2D eigenvalue weighted by molar-refractivity contribution is -0.120. The fourth-order valence-electron chi connectivity index (χ4n) is 3.62. The number of thioether (sulfide) groups is 1. The molecule has 0 atom stereocenters. The minimum Gasteiger partial charge on any atom is -0.350 e. The first-order chi connectivity index (χ1) is 15.2. The molecule has 3 aromatic carbocycles. The van der Waals surface area contributed by atoms with Crippen LogP contribution in [0.25, 0.3) is 0 Å². The van der Waals surface area contributed by atoms with Crippen molar-refractivity contribution >= 4 is 46.6 Å². The van der Waals surface area contributed by atoms with E-state index < -0.39 is 0 Å². The van der Waals surface area contributed by atoms with Gasteiger partial charge in [-0.3, -0.25) is 9.59 Å². The highest BCUT2D eigenvalue weighted by atomic mass is 35.5. The van der Waals surface area contributed by atoms with E-state index in [9.17, 15) is 9.59 Å². The van der Waals surface area contributed by atoms with E-state index in [-0.39, 0.29) is 17.5 Å². The topological polar surface area (TPSA) is 49.4 Å². The Morgan fingerprint density at radius 1 is 0.781 bits per heavy atom. The third-order valence-electron chi connectivity index (χ3n) is 5.32. The molecule has 0 bridgehead atoms. The van der Waals surface area contributed by atoms with Crippen LogP contribution in [0.4, 0.5) is 11.4 Å². The van der Waals surface area contributed by atoms with Crippen molar-refractivity contribution in [2.75, 3.05) is 10.2 Å². The minimum atomic E-state index is -0.362. The summed E-state index contributed by atoms with van der Waals surface area (Å²) in [6, 6.07) is 18.9. The Morgan fingerprint density at radius 3 is 2.12 bits per heavy atom. The smallest absolute Gasteiger partial charge is 0.283 e. The van der Waals surface area contributed by atoms with E-state index >= 15 is 0 Å². The largest absolute Gasteiger partial charge is 0.350 e. The van der Waals surface area contributed by atoms with Gasteiger partial charge in [-0.2, -0.15) is 0 Å². The summed E-state index contributed by atoms with van der Waals surface area (Å²) >= 11 is 7.28. The van der Waals surface area contributed by atoms with E-state index in [0.717, 1.165) is 32.8 Å². The standard InChI is InChI=1S/C26H23ClN2O2S/c1-15-6-12-22(18(4)13-15)29-25(30)23(28-21-14-16(2)5-7-17(21)3)24(26(29)31)32-20-10-8-19(27)9-11-20/h5-14,28H,1-4H3. The highest BCUT2D eigenvalue weighted by Gasteiger charge is 2.41. The molecule has 32 heavy (non-hydrogen) atoms. The number of carbonyl (C=O) groups is 2. The van der Waals surface area contributed by atoms with Crippen LogP contribution in [0.15, 0.2) is 76.2 Å². The molecule has 1 N–H and O–H groups in total. The second-order valence-corrected chi connectivity index (χ2v) is 9.46. The Kier molecular flexibility index (Phi) is 6.13. The molecule has 162 valence electrons. The predicted molar refractivity (Wildman–Crippen MR) is 132 cm³/mol. The van der Waals surface area contributed by atoms with E-state index in [2.05, 4.69) is 5.32 Å². The molecule has 1 aliphatic rings. The number of benzene rings is 3. The molecule has 1 heterocycles. The van der Waals surface area contributed by atoms with Crippen LogP contribution < -0.4 is 10.2 Å². The fourth-order valence-corrected chi connectivity index (χ4v) is 4.67. The van der Waals surface area contributed by atoms with Gasteiger partial charge >= 0.3 is 0 Å². The number of nitrogens with one attached hydrogen (secondary N) is 1. The van der Waals surface area contributed by atoms with Gasteiger partial charge in [-0.05, 0) is 80.8 Å². The van der Waals surface area contributed by atoms with Gasteiger partial charge in [-0.1, -0.05) is 53.2 Å². The van der Waals surface area contributed by atoms with Crippen molar-refractivity contribution in [3.8, 4) is 0 Å². The lowest BCUT2D eigenvalue weighted by Crippen LogP contribution is -2.33. The maximum absolute atomic E-state index is 13.6. The molecule has 0 spiro atoms. The predicted octanol–water partition coefficient (Wildman–Crippen LogP) is 6.56. The maximum Gasteiger partial charge on any atom is 0.283 e. The summed E-state index contributed by atoms with van der Waals surface area (Å²) in [4.78, 5) is 29.5. The van der Waals surface area contributed by atoms with E-state index in [4.69, 9.17) is 11.6 Å². The third kappa shape index (κ3) is 4.31. The average molecular weight is 463 g/mol. The Bertz CT molecular complexity index is 1270. The molecule has 0 saturated heterocycles. The summed E-state index contributed by atoms with van der Waals surface area (Å²) in [7, 11) is 0. The summed E-state index contributed by atoms with van der Waals surface area (Å²) in [5, 5.41) is 3.88. The molecule has 3 aromatic rings. The Hall–Kier alpha value is -3.02. The monoisotopic (exact) mass is 462 g/mol. The lowest BCUT2D eigenvalue weighted by Gasteiger charge is -2.18. The molecule has 4 nitrogen and oxygen atoms in total. The Balaban J connectivity index is 1.79. The number of aryl methyl sites for hydroxylation is 4. The summed E-state index contributed by atoms with van der Waals surface area (Å²) in [5.74, 6) is -0.700. The first-order valence-corrected chi connectivity index (χ1v) is 11.4. The van der Waals surface area contributed by atoms with Crippen molar-refractivity contribution in [3.05, 3.63) is 98.5 Å². The summed E-state index contributed by atoms with van der Waals surface area (Å²) in [6.07, 6.45) is 0. The van der Waals surface area contributed by atoms with Crippen LogP contribution >= 0.6 is 23.4 Å². The van der Waals surface area contributed by atoms with E-state index in [0.29, 0.717) is 15.6 Å². The van der Waals surface area contributed by atoms with Crippen molar-refractivity contribution in [1.82, 2.24) is 0 Å². The van der Waals surface area contributed by atoms with E-state index in [1.165, 1.54) is 16.7 Å². The molecule has 0 radical (unpaired) electrons. The zero-order chi connectivity index (χ0) is 23.0. The number of carbonyl (C=O) groups excluding carboxylic acids is 2. The summed E-state index contributed by atoms with van der Waals surface area (Å²) in [6.45, 7) is 7.85. The lowest BCUT2D eigenvalue weighted by atomic mass is 10.1. The maximum atomic E-state index is 13.6. The number of amides is 2. The zero-order valence-corrected chi connectivity index (χ0v) is 19.9. The summed E-state index contributed by atoms with van der Waals surface area (Å²) < 4.78 is 0. The molecule has 0 aliphatic carbocycles. The zero-order valence-electron chi connectivity index (χ0n) is 18.3. The third-order valence-corrected chi connectivity index (χ3v) is 6.66. The van der Waals surface area contributed by atoms with Gasteiger partial charge in [0.15, 0.2) is 0 Å². The SMILES string of the molecule is Cc1ccc(N2C(=O)C(Nc3cc(C)ccc3C)=C(Sc3ccc(Cl)cc3)C2=O)c(C)c1. The van der Waals surface area contributed by atoms with Gasteiger partial charge in [0.25, 0.3) is 11.8 Å². The van der Waals surface area contributed by atoms with Crippen LogP contribution in [0.1, 0.15) is 22.3 Å². The quantitative estimate of drug-likeness (QED) is 0.436. The van der Waals surface area contributed by atoms with Gasteiger partial charge in [0.1, 0.15) is 10.6 Å². The number of hydrogen-bond acceptors (Lipinski definition) is 4. The van der Waals surface area contributed by atoms with Crippen LogP contribution in [0, 0.1) is 27.7 Å². The van der Waals surface area contributed by atoms with Crippen molar-refractivity contribution in [1.29, 1.82) is 0 Å². The van der Waals surface area contributed by atoms with E-state index in [1.807, 2.05) is 76.2 Å². The van der Waals surface area contributed by atoms with E-state index in [1.54, 1.807) is 12.1 Å². The van der Waals surface area contributed by atoms with Crippen LogP contribution in [-0.2, 0) is 9.59 Å². The first kappa shape index (κ1) is 22.2. The van der Waals surface area contributed by atoms with Gasteiger partial charge < -0.3 is 5.32 Å². The van der Waals surface area contributed by atoms with Crippen molar-refractivity contribution in [2.24, 2.45) is 0 Å². The van der Waals surface area contributed by atoms with Gasteiger partial charge in [-0.15, -0.1) is 0 Å².